The van der Waals surface area contributed by atoms with Crippen LogP contribution in [0.4, 0.5) is 5.13 Å². The number of amides is 1. The number of nitrogens with one attached hydrogen (secondary N) is 1. The highest BCUT2D eigenvalue weighted by Crippen LogP contribution is 2.38. The van der Waals surface area contributed by atoms with Crippen molar-refractivity contribution in [2.24, 2.45) is 5.92 Å². The second kappa shape index (κ2) is 9.65. The molecule has 0 bridgehead atoms. The summed E-state index contributed by atoms with van der Waals surface area (Å²) in [6.07, 6.45) is 1.63. The quantitative estimate of drug-likeness (QED) is 0.577. The number of aryl methyl sites for hydroxylation is 1. The number of aromatic nitrogens is 1. The van der Waals surface area contributed by atoms with Gasteiger partial charge in [0, 0.05) is 25.6 Å². The minimum Gasteiger partial charge on any atom is -0.493 e. The van der Waals surface area contributed by atoms with Gasteiger partial charge in [-0.1, -0.05) is 17.4 Å². The third kappa shape index (κ3) is 4.60. The molecule has 170 valence electrons. The van der Waals surface area contributed by atoms with E-state index in [9.17, 15) is 4.79 Å². The molecule has 0 unspecified atom stereocenters. The number of benzene rings is 2. The number of hydrogen-bond donors (Lipinski definition) is 1. The number of carbonyl (C=O) groups is 1. The van der Waals surface area contributed by atoms with Gasteiger partial charge in [0.15, 0.2) is 16.6 Å². The van der Waals surface area contributed by atoms with Gasteiger partial charge in [-0.2, -0.15) is 0 Å². The van der Waals surface area contributed by atoms with E-state index in [2.05, 4.69) is 35.3 Å². The van der Waals surface area contributed by atoms with E-state index in [1.165, 1.54) is 10.3 Å². The average Bonchev–Trinajstić information content (AvgIpc) is 3.25. The Morgan fingerprint density at radius 2 is 1.78 bits per heavy atom. The second-order valence-electron chi connectivity index (χ2n) is 7.98. The molecule has 1 N–H and O–H groups in total. The van der Waals surface area contributed by atoms with E-state index in [0.717, 1.165) is 42.1 Å². The summed E-state index contributed by atoms with van der Waals surface area (Å²) in [4.78, 5) is 19.9. The Balaban J connectivity index is 1.34. The highest BCUT2D eigenvalue weighted by atomic mass is 32.1. The zero-order valence-electron chi connectivity index (χ0n) is 18.9. The van der Waals surface area contributed by atoms with Crippen LogP contribution in [-0.4, -0.2) is 45.3 Å². The number of rotatable bonds is 7. The SMILES string of the molecule is COc1cc(CNC(=O)C2CCN(c3nc4ccc(C)cc4s3)CC2)cc(OC)c1OC. The van der Waals surface area contributed by atoms with Crippen LogP contribution in [0, 0.1) is 12.8 Å². The summed E-state index contributed by atoms with van der Waals surface area (Å²) in [6, 6.07) is 10.1. The number of fused-ring (bicyclic) bond motifs is 1. The Kier molecular flexibility index (Phi) is 6.69. The predicted octanol–water partition coefficient (Wildman–Crippen LogP) is 4.16. The van der Waals surface area contributed by atoms with E-state index < -0.39 is 0 Å². The highest BCUT2D eigenvalue weighted by molar-refractivity contribution is 7.22. The zero-order chi connectivity index (χ0) is 22.7. The minimum absolute atomic E-state index is 0.00455. The largest absolute Gasteiger partial charge is 0.493 e. The monoisotopic (exact) mass is 455 g/mol. The third-order valence-electron chi connectivity index (χ3n) is 5.86. The second-order valence-corrected chi connectivity index (χ2v) is 8.99. The van der Waals surface area contributed by atoms with Crippen LogP contribution < -0.4 is 24.4 Å². The maximum absolute atomic E-state index is 12.8. The van der Waals surface area contributed by atoms with Crippen LogP contribution in [0.1, 0.15) is 24.0 Å². The van der Waals surface area contributed by atoms with Crippen molar-refractivity contribution in [1.29, 1.82) is 0 Å². The topological polar surface area (TPSA) is 72.9 Å². The Hall–Kier alpha value is -3.00. The maximum Gasteiger partial charge on any atom is 0.223 e. The number of thiazole rings is 1. The van der Waals surface area contributed by atoms with E-state index in [4.69, 9.17) is 19.2 Å². The van der Waals surface area contributed by atoms with Gasteiger partial charge in [-0.05, 0) is 55.2 Å². The molecule has 1 fully saturated rings. The van der Waals surface area contributed by atoms with Gasteiger partial charge in [0.25, 0.3) is 0 Å². The third-order valence-corrected chi connectivity index (χ3v) is 6.94. The minimum atomic E-state index is 0.00455. The number of ether oxygens (including phenoxy) is 3. The molecule has 1 aliphatic heterocycles. The van der Waals surface area contributed by atoms with Crippen molar-refractivity contribution in [2.75, 3.05) is 39.3 Å². The van der Waals surface area contributed by atoms with Crippen LogP contribution in [0.25, 0.3) is 10.2 Å². The molecule has 4 rings (SSSR count). The van der Waals surface area contributed by atoms with E-state index in [1.54, 1.807) is 32.7 Å². The molecule has 8 heteroatoms. The lowest BCUT2D eigenvalue weighted by Crippen LogP contribution is -2.40. The van der Waals surface area contributed by atoms with Gasteiger partial charge in [0.05, 0.1) is 31.5 Å². The Morgan fingerprint density at radius 3 is 2.41 bits per heavy atom. The van der Waals surface area contributed by atoms with Gasteiger partial charge in [0.1, 0.15) is 0 Å². The molecule has 0 saturated carbocycles. The summed E-state index contributed by atoms with van der Waals surface area (Å²) in [5.41, 5.74) is 3.19. The summed E-state index contributed by atoms with van der Waals surface area (Å²) in [7, 11) is 4.74. The van der Waals surface area contributed by atoms with Gasteiger partial charge in [0.2, 0.25) is 11.7 Å². The average molecular weight is 456 g/mol. The van der Waals surface area contributed by atoms with Gasteiger partial charge >= 0.3 is 0 Å². The molecule has 32 heavy (non-hydrogen) atoms. The molecule has 0 aliphatic carbocycles. The highest BCUT2D eigenvalue weighted by Gasteiger charge is 2.26. The molecule has 0 spiro atoms. The lowest BCUT2D eigenvalue weighted by atomic mass is 9.96. The van der Waals surface area contributed by atoms with Gasteiger partial charge in [-0.15, -0.1) is 0 Å². The Bertz CT molecular complexity index is 1080. The molecule has 1 saturated heterocycles. The first-order valence-corrected chi connectivity index (χ1v) is 11.5. The summed E-state index contributed by atoms with van der Waals surface area (Å²) >= 11 is 1.73. The van der Waals surface area contributed by atoms with E-state index in [1.807, 2.05) is 12.1 Å². The Morgan fingerprint density at radius 1 is 1.09 bits per heavy atom. The fourth-order valence-corrected chi connectivity index (χ4v) is 5.17. The summed E-state index contributed by atoms with van der Waals surface area (Å²) in [5.74, 6) is 1.79. The van der Waals surface area contributed by atoms with E-state index in [0.29, 0.717) is 23.8 Å². The van der Waals surface area contributed by atoms with Crippen molar-refractivity contribution in [3.05, 3.63) is 41.5 Å². The Labute approximate surface area is 192 Å². The first kappa shape index (κ1) is 22.2. The van der Waals surface area contributed by atoms with Crippen molar-refractivity contribution in [3.63, 3.8) is 0 Å². The summed E-state index contributed by atoms with van der Waals surface area (Å²) < 4.78 is 17.4. The normalized spacial score (nSPS) is 14.4. The lowest BCUT2D eigenvalue weighted by molar-refractivity contribution is -0.125. The first-order valence-electron chi connectivity index (χ1n) is 10.7. The molecule has 2 aromatic carbocycles. The van der Waals surface area contributed by atoms with Crippen LogP contribution in [0.15, 0.2) is 30.3 Å². The summed E-state index contributed by atoms with van der Waals surface area (Å²) in [5, 5.41) is 4.11. The fraction of sp³-hybridized carbons (Fsp3) is 0.417. The number of methoxy groups -OCH3 is 3. The van der Waals surface area contributed by atoms with Crippen molar-refractivity contribution in [3.8, 4) is 17.2 Å². The number of carbonyl (C=O) groups excluding carboxylic acids is 1. The number of piperidine rings is 1. The number of anilines is 1. The van der Waals surface area contributed by atoms with Crippen molar-refractivity contribution in [2.45, 2.75) is 26.3 Å². The fourth-order valence-electron chi connectivity index (χ4n) is 4.06. The molecule has 0 atom stereocenters. The molecule has 2 heterocycles. The van der Waals surface area contributed by atoms with Crippen molar-refractivity contribution >= 4 is 32.6 Å². The van der Waals surface area contributed by atoms with Gasteiger partial charge < -0.3 is 24.4 Å². The van der Waals surface area contributed by atoms with E-state index >= 15 is 0 Å². The molecule has 7 nitrogen and oxygen atoms in total. The smallest absolute Gasteiger partial charge is 0.223 e. The van der Waals surface area contributed by atoms with Crippen LogP contribution in [-0.2, 0) is 11.3 Å². The summed E-state index contributed by atoms with van der Waals surface area (Å²) in [6.45, 7) is 4.18. The molecule has 3 aromatic rings. The molecule has 1 amide bonds. The number of nitrogens with zero attached hydrogens (tertiary/aromatic N) is 2. The first-order chi connectivity index (χ1) is 15.5. The van der Waals surface area contributed by atoms with Crippen LogP contribution >= 0.6 is 11.3 Å². The van der Waals surface area contributed by atoms with Gasteiger partial charge in [-0.3, -0.25) is 4.79 Å². The molecule has 1 aromatic heterocycles. The molecule has 0 radical (unpaired) electrons. The lowest BCUT2D eigenvalue weighted by Gasteiger charge is -2.31. The van der Waals surface area contributed by atoms with Gasteiger partial charge in [-0.25, -0.2) is 4.98 Å². The zero-order valence-corrected chi connectivity index (χ0v) is 19.8. The maximum atomic E-state index is 12.8. The number of hydrogen-bond acceptors (Lipinski definition) is 7. The van der Waals surface area contributed by atoms with Crippen molar-refractivity contribution < 1.29 is 19.0 Å². The van der Waals surface area contributed by atoms with E-state index in [-0.39, 0.29) is 11.8 Å². The molecular formula is C24H29N3O4S. The molecule has 1 aliphatic rings. The standard InChI is InChI=1S/C24H29N3O4S/c1-15-5-6-18-21(11-15)32-24(26-18)27-9-7-17(8-10-27)23(28)25-14-16-12-19(29-2)22(31-4)20(13-16)30-3/h5-6,11-13,17H,7-10,14H2,1-4H3,(H,25,28). The van der Waals surface area contributed by atoms with Crippen LogP contribution in [0.5, 0.6) is 17.2 Å². The van der Waals surface area contributed by atoms with Crippen molar-refractivity contribution in [1.82, 2.24) is 10.3 Å². The van der Waals surface area contributed by atoms with Crippen LogP contribution in [0.2, 0.25) is 0 Å². The predicted molar refractivity (Wildman–Crippen MR) is 127 cm³/mol. The molecular weight excluding hydrogens is 426 g/mol. The van der Waals surface area contributed by atoms with Crippen LogP contribution in [0.3, 0.4) is 0 Å².